The molecule has 0 aliphatic carbocycles. The average Bonchev–Trinajstić information content (AvgIpc) is 3.40. The van der Waals surface area contributed by atoms with Crippen LogP contribution in [0.1, 0.15) is 62.4 Å². The van der Waals surface area contributed by atoms with Gasteiger partial charge < -0.3 is 24.3 Å². The lowest BCUT2D eigenvalue weighted by molar-refractivity contribution is -0.0223. The van der Waals surface area contributed by atoms with E-state index in [0.29, 0.717) is 36.8 Å². The fourth-order valence-electron chi connectivity index (χ4n) is 5.23. The molecule has 0 bridgehead atoms. The van der Waals surface area contributed by atoms with Gasteiger partial charge in [-0.25, -0.2) is 18.6 Å². The molecule has 47 heavy (non-hydrogen) atoms. The number of hydrogen-bond acceptors (Lipinski definition) is 5. The van der Waals surface area contributed by atoms with Gasteiger partial charge in [-0.2, -0.15) is 0 Å². The first-order valence-electron chi connectivity index (χ1n) is 15.5. The number of rotatable bonds is 10. The summed E-state index contributed by atoms with van der Waals surface area (Å²) in [5, 5.41) is 3.13. The Kier molecular flexibility index (Phi) is 9.51. The van der Waals surface area contributed by atoms with Gasteiger partial charge in [0, 0.05) is 23.7 Å². The van der Waals surface area contributed by atoms with E-state index in [4.69, 9.17) is 14.5 Å². The second-order valence-electron chi connectivity index (χ2n) is 13.3. The molecule has 0 radical (unpaired) electrons. The SMILES string of the molecule is C=CC(C)(C)[C@@H](NC(=O)c1ccccc1OC1CN(C(=O)OC(C)(C)C)C1)c1nc(-c2cc(F)ccc2F)cn1Cc1ccccc1. The fraction of sp³-hybridized carbons (Fsp3) is 0.324. The number of imidazole rings is 1. The van der Waals surface area contributed by atoms with Gasteiger partial charge in [-0.15, -0.1) is 6.58 Å². The number of benzene rings is 3. The summed E-state index contributed by atoms with van der Waals surface area (Å²) in [7, 11) is 0. The van der Waals surface area contributed by atoms with E-state index in [1.54, 1.807) is 41.4 Å². The number of nitrogens with one attached hydrogen (secondary N) is 1. The van der Waals surface area contributed by atoms with Crippen molar-refractivity contribution >= 4 is 12.0 Å². The van der Waals surface area contributed by atoms with Crippen molar-refractivity contribution in [3.8, 4) is 17.0 Å². The molecule has 0 saturated carbocycles. The van der Waals surface area contributed by atoms with Crippen LogP contribution in [0.25, 0.3) is 11.3 Å². The lowest BCUT2D eigenvalue weighted by atomic mass is 9.83. The van der Waals surface area contributed by atoms with Crippen molar-refractivity contribution in [2.45, 2.75) is 58.9 Å². The molecule has 0 spiro atoms. The van der Waals surface area contributed by atoms with Crippen molar-refractivity contribution in [1.82, 2.24) is 19.8 Å². The number of amides is 2. The van der Waals surface area contributed by atoms with Gasteiger partial charge in [-0.1, -0.05) is 62.4 Å². The second-order valence-corrected chi connectivity index (χ2v) is 13.3. The number of halogens is 2. The van der Waals surface area contributed by atoms with Crippen molar-refractivity contribution in [1.29, 1.82) is 0 Å². The Morgan fingerprint density at radius 3 is 2.38 bits per heavy atom. The number of para-hydroxylation sites is 1. The maximum absolute atomic E-state index is 14.9. The first-order valence-corrected chi connectivity index (χ1v) is 15.5. The molecule has 1 aliphatic rings. The van der Waals surface area contributed by atoms with Crippen LogP contribution < -0.4 is 10.1 Å². The largest absolute Gasteiger partial charge is 0.486 e. The van der Waals surface area contributed by atoms with Gasteiger partial charge in [-0.05, 0) is 56.7 Å². The molecule has 0 unspecified atom stereocenters. The van der Waals surface area contributed by atoms with Crippen LogP contribution in [0.2, 0.25) is 0 Å². The Hall–Kier alpha value is -4.99. The maximum atomic E-state index is 14.9. The molecule has 1 atom stereocenters. The molecule has 1 saturated heterocycles. The van der Waals surface area contributed by atoms with Gasteiger partial charge in [0.25, 0.3) is 5.91 Å². The van der Waals surface area contributed by atoms with E-state index in [-0.39, 0.29) is 17.4 Å². The first kappa shape index (κ1) is 33.4. The van der Waals surface area contributed by atoms with Gasteiger partial charge in [0.1, 0.15) is 34.9 Å². The Balaban J connectivity index is 1.44. The topological polar surface area (TPSA) is 85.7 Å². The smallest absolute Gasteiger partial charge is 0.410 e. The highest BCUT2D eigenvalue weighted by atomic mass is 19.1. The zero-order valence-electron chi connectivity index (χ0n) is 27.3. The molecule has 8 nitrogen and oxygen atoms in total. The minimum atomic E-state index is -0.735. The summed E-state index contributed by atoms with van der Waals surface area (Å²) in [5.41, 5.74) is 0.162. The van der Waals surface area contributed by atoms with Gasteiger partial charge >= 0.3 is 6.09 Å². The number of aromatic nitrogens is 2. The highest BCUT2D eigenvalue weighted by molar-refractivity contribution is 5.97. The standard InChI is InChI=1S/C37H40F2N4O4/c1-7-37(5,6)32(33-40-30(28-19-25(38)17-18-29(28)39)23-42(33)20-24-13-9-8-10-14-24)41-34(44)27-15-11-12-16-31(27)46-26-21-43(22-26)35(45)47-36(2,3)4/h7-19,23,26,32H,1,20-22H2,2-6H3,(H,41,44)/t32-/m0/s1. The summed E-state index contributed by atoms with van der Waals surface area (Å²) in [6.07, 6.45) is 2.67. The third-order valence-electron chi connectivity index (χ3n) is 7.94. The van der Waals surface area contributed by atoms with Gasteiger partial charge in [-0.3, -0.25) is 4.79 Å². The number of likely N-dealkylation sites (tertiary alicyclic amines) is 1. The lowest BCUT2D eigenvalue weighted by Gasteiger charge is -2.39. The third-order valence-corrected chi connectivity index (χ3v) is 7.94. The van der Waals surface area contributed by atoms with E-state index in [2.05, 4.69) is 11.9 Å². The van der Waals surface area contributed by atoms with E-state index in [9.17, 15) is 18.4 Å². The number of carbonyl (C=O) groups is 2. The molecule has 246 valence electrons. The minimum Gasteiger partial charge on any atom is -0.486 e. The van der Waals surface area contributed by atoms with Gasteiger partial charge in [0.15, 0.2) is 0 Å². The maximum Gasteiger partial charge on any atom is 0.410 e. The van der Waals surface area contributed by atoms with Crippen LogP contribution in [0, 0.1) is 17.0 Å². The molecule has 3 aromatic carbocycles. The molecule has 4 aromatic rings. The number of carbonyl (C=O) groups excluding carboxylic acids is 2. The van der Waals surface area contributed by atoms with Crippen LogP contribution in [-0.2, 0) is 11.3 Å². The normalized spacial score (nSPS) is 14.2. The predicted octanol–water partition coefficient (Wildman–Crippen LogP) is 7.56. The van der Waals surface area contributed by atoms with Crippen LogP contribution in [-0.4, -0.2) is 51.2 Å². The first-order chi connectivity index (χ1) is 22.2. The van der Waals surface area contributed by atoms with Crippen molar-refractivity contribution < 1.29 is 27.8 Å². The van der Waals surface area contributed by atoms with E-state index >= 15 is 0 Å². The third kappa shape index (κ3) is 7.88. The van der Waals surface area contributed by atoms with Crippen LogP contribution in [0.4, 0.5) is 13.6 Å². The Labute approximate surface area is 274 Å². The van der Waals surface area contributed by atoms with Gasteiger partial charge in [0.2, 0.25) is 0 Å². The van der Waals surface area contributed by atoms with E-state index in [0.717, 1.165) is 23.8 Å². The molecule has 2 heterocycles. The molecular weight excluding hydrogens is 602 g/mol. The highest BCUT2D eigenvalue weighted by Crippen LogP contribution is 2.37. The molecular formula is C37H40F2N4O4. The summed E-state index contributed by atoms with van der Waals surface area (Å²) < 4.78 is 42.6. The van der Waals surface area contributed by atoms with Crippen LogP contribution in [0.15, 0.2) is 91.6 Å². The summed E-state index contributed by atoms with van der Waals surface area (Å²) in [4.78, 5) is 32.8. The molecule has 10 heteroatoms. The van der Waals surface area contributed by atoms with E-state index in [1.807, 2.05) is 69.5 Å². The minimum absolute atomic E-state index is 0.0132. The lowest BCUT2D eigenvalue weighted by Crippen LogP contribution is -2.57. The Morgan fingerprint density at radius 1 is 1.02 bits per heavy atom. The van der Waals surface area contributed by atoms with E-state index in [1.165, 1.54) is 0 Å². The van der Waals surface area contributed by atoms with Crippen LogP contribution in [0.3, 0.4) is 0 Å². The van der Waals surface area contributed by atoms with Gasteiger partial charge in [0.05, 0.1) is 30.4 Å². The summed E-state index contributed by atoms with van der Waals surface area (Å²) in [6.45, 7) is 14.3. The van der Waals surface area contributed by atoms with Crippen molar-refractivity contribution in [3.63, 3.8) is 0 Å². The number of hydrogen-bond donors (Lipinski definition) is 1. The van der Waals surface area contributed by atoms with Crippen molar-refractivity contribution in [3.05, 3.63) is 120 Å². The monoisotopic (exact) mass is 642 g/mol. The quantitative estimate of drug-likeness (QED) is 0.181. The molecule has 5 rings (SSSR count). The van der Waals surface area contributed by atoms with Crippen molar-refractivity contribution in [2.75, 3.05) is 13.1 Å². The Morgan fingerprint density at radius 2 is 1.70 bits per heavy atom. The molecule has 1 aromatic heterocycles. The summed E-state index contributed by atoms with van der Waals surface area (Å²) >= 11 is 0. The molecule has 1 N–H and O–H groups in total. The zero-order valence-corrected chi connectivity index (χ0v) is 27.3. The molecule has 1 fully saturated rings. The predicted molar refractivity (Wildman–Crippen MR) is 176 cm³/mol. The summed E-state index contributed by atoms with van der Waals surface area (Å²) in [6, 6.07) is 19.0. The highest BCUT2D eigenvalue weighted by Gasteiger charge is 2.37. The van der Waals surface area contributed by atoms with Crippen LogP contribution in [0.5, 0.6) is 5.75 Å². The molecule has 2 amide bonds. The second kappa shape index (κ2) is 13.4. The Bertz CT molecular complexity index is 1760. The molecule has 1 aliphatic heterocycles. The summed E-state index contributed by atoms with van der Waals surface area (Å²) in [5.74, 6) is -0.816. The fourth-order valence-corrected chi connectivity index (χ4v) is 5.23. The van der Waals surface area contributed by atoms with Crippen molar-refractivity contribution in [2.24, 2.45) is 5.41 Å². The van der Waals surface area contributed by atoms with Crippen LogP contribution >= 0.6 is 0 Å². The van der Waals surface area contributed by atoms with E-state index < -0.39 is 40.7 Å². The average molecular weight is 643 g/mol. The zero-order chi connectivity index (χ0) is 33.9. The number of nitrogens with zero attached hydrogens (tertiary/aromatic N) is 3. The number of ether oxygens (including phenoxy) is 2.